The number of rotatable bonds is 4. The summed E-state index contributed by atoms with van der Waals surface area (Å²) in [6, 6.07) is 0.317. The maximum absolute atomic E-state index is 4.60. The smallest absolute Gasteiger partial charge is 0.149 e. The van der Waals surface area contributed by atoms with Crippen molar-refractivity contribution in [3.8, 4) is 0 Å². The van der Waals surface area contributed by atoms with Gasteiger partial charge in [0.2, 0.25) is 0 Å². The van der Waals surface area contributed by atoms with Crippen molar-refractivity contribution < 1.29 is 0 Å². The van der Waals surface area contributed by atoms with Crippen molar-refractivity contribution in [1.29, 1.82) is 0 Å². The van der Waals surface area contributed by atoms with Crippen molar-refractivity contribution in [3.63, 3.8) is 0 Å². The second-order valence-corrected chi connectivity index (χ2v) is 8.91. The van der Waals surface area contributed by atoms with Crippen molar-refractivity contribution >= 4 is 43.4 Å². The van der Waals surface area contributed by atoms with Gasteiger partial charge in [-0.05, 0) is 32.3 Å². The molecule has 0 unspecified atom stereocenters. The van der Waals surface area contributed by atoms with E-state index in [4.69, 9.17) is 0 Å². The maximum Gasteiger partial charge on any atom is 0.149 e. The molecule has 0 aromatic carbocycles. The number of aryl methyl sites for hydroxylation is 2. The molecule has 4 aromatic heterocycles. The highest BCUT2D eigenvalue weighted by molar-refractivity contribution is 7.25. The zero-order chi connectivity index (χ0) is 19.5. The highest BCUT2D eigenvalue weighted by Crippen LogP contribution is 2.39. The Kier molecular flexibility index (Phi) is 3.67. The van der Waals surface area contributed by atoms with E-state index in [1.807, 2.05) is 19.3 Å². The minimum Gasteiger partial charge on any atom is -0.362 e. The van der Waals surface area contributed by atoms with Crippen molar-refractivity contribution in [3.05, 3.63) is 35.7 Å². The van der Waals surface area contributed by atoms with Crippen LogP contribution in [0.1, 0.15) is 35.7 Å². The monoisotopic (exact) mass is 404 g/mol. The molecule has 1 aliphatic heterocycles. The molecule has 0 spiro atoms. The van der Waals surface area contributed by atoms with Crippen molar-refractivity contribution in [2.45, 2.75) is 38.6 Å². The molecule has 1 saturated heterocycles. The van der Waals surface area contributed by atoms with Crippen LogP contribution in [0.2, 0.25) is 0 Å². The number of aromatic nitrogens is 6. The molecule has 2 aliphatic rings. The Balaban J connectivity index is 1.22. The average molecular weight is 405 g/mol. The minimum absolute atomic E-state index is 0.317. The second kappa shape index (κ2) is 6.28. The number of thiophene rings is 1. The van der Waals surface area contributed by atoms with Gasteiger partial charge in [0.05, 0.1) is 40.0 Å². The fourth-order valence-corrected chi connectivity index (χ4v) is 4.91. The lowest BCUT2D eigenvalue weighted by atomic mass is 10.1. The van der Waals surface area contributed by atoms with Gasteiger partial charge < -0.3 is 10.2 Å². The Bertz CT molecular complexity index is 1220. The van der Waals surface area contributed by atoms with E-state index in [-0.39, 0.29) is 0 Å². The summed E-state index contributed by atoms with van der Waals surface area (Å²) in [6.07, 6.45) is 7.97. The quantitative estimate of drug-likeness (QED) is 0.554. The van der Waals surface area contributed by atoms with Crippen LogP contribution in [0, 0.1) is 13.8 Å². The van der Waals surface area contributed by atoms with Gasteiger partial charge in [0.15, 0.2) is 0 Å². The lowest BCUT2D eigenvalue weighted by molar-refractivity contribution is 0.542. The van der Waals surface area contributed by atoms with Crippen LogP contribution in [0.4, 0.5) is 11.6 Å². The Morgan fingerprint density at radius 2 is 1.90 bits per heavy atom. The largest absolute Gasteiger partial charge is 0.362 e. The summed E-state index contributed by atoms with van der Waals surface area (Å²) in [5.41, 5.74) is 4.16. The van der Waals surface area contributed by atoms with Crippen LogP contribution in [0.3, 0.4) is 0 Å². The molecule has 0 bridgehead atoms. The SMILES string of the molecule is Cc1nnc2sc3c(NC4CN(c5cnc(C6CC6)cn5)C4)ncnc3c2c1C. The summed E-state index contributed by atoms with van der Waals surface area (Å²) in [7, 11) is 0. The summed E-state index contributed by atoms with van der Waals surface area (Å²) in [6.45, 7) is 5.82. The standard InChI is InChI=1S/C20H20N8S/c1-10-11(2)26-27-20-16(10)17-18(29-20)19(24-9-23-17)25-13-7-28(8-13)15-6-21-14(5-22-15)12-3-4-12/h5-6,9,12-13H,3-4,7-8H2,1-2H3,(H,23,24,25). The number of nitrogens with zero attached hydrogens (tertiary/aromatic N) is 7. The topological polar surface area (TPSA) is 92.6 Å². The molecule has 146 valence electrons. The molecule has 0 amide bonds. The van der Waals surface area contributed by atoms with E-state index in [9.17, 15) is 0 Å². The van der Waals surface area contributed by atoms with Gasteiger partial charge in [0.25, 0.3) is 0 Å². The van der Waals surface area contributed by atoms with E-state index in [0.717, 1.165) is 62.1 Å². The van der Waals surface area contributed by atoms with Gasteiger partial charge >= 0.3 is 0 Å². The molecular weight excluding hydrogens is 384 g/mol. The van der Waals surface area contributed by atoms with E-state index in [0.29, 0.717) is 12.0 Å². The van der Waals surface area contributed by atoms with E-state index in [2.05, 4.69) is 47.3 Å². The summed E-state index contributed by atoms with van der Waals surface area (Å²) in [4.78, 5) is 21.4. The lowest BCUT2D eigenvalue weighted by Gasteiger charge is -2.40. The van der Waals surface area contributed by atoms with Gasteiger partial charge in [0, 0.05) is 24.4 Å². The second-order valence-electron chi connectivity index (χ2n) is 7.91. The zero-order valence-electron chi connectivity index (χ0n) is 16.3. The van der Waals surface area contributed by atoms with Crippen LogP contribution in [-0.4, -0.2) is 49.3 Å². The number of nitrogens with one attached hydrogen (secondary N) is 1. The van der Waals surface area contributed by atoms with Crippen LogP contribution in [0.25, 0.3) is 20.4 Å². The highest BCUT2D eigenvalue weighted by Gasteiger charge is 2.30. The minimum atomic E-state index is 0.317. The molecule has 5 heterocycles. The first-order chi connectivity index (χ1) is 14.2. The third kappa shape index (κ3) is 2.79. The fourth-order valence-electron chi connectivity index (χ4n) is 3.82. The summed E-state index contributed by atoms with van der Waals surface area (Å²) < 4.78 is 1.04. The predicted molar refractivity (Wildman–Crippen MR) is 114 cm³/mol. The summed E-state index contributed by atoms with van der Waals surface area (Å²) in [5.74, 6) is 2.46. The first-order valence-electron chi connectivity index (χ1n) is 9.88. The molecule has 1 saturated carbocycles. The van der Waals surface area contributed by atoms with Gasteiger partial charge in [-0.25, -0.2) is 15.0 Å². The van der Waals surface area contributed by atoms with Gasteiger partial charge in [-0.1, -0.05) is 0 Å². The lowest BCUT2D eigenvalue weighted by Crippen LogP contribution is -2.55. The molecule has 1 aliphatic carbocycles. The van der Waals surface area contributed by atoms with Gasteiger partial charge in [-0.3, -0.25) is 4.98 Å². The van der Waals surface area contributed by atoms with E-state index in [1.165, 1.54) is 12.8 Å². The molecule has 0 atom stereocenters. The zero-order valence-corrected chi connectivity index (χ0v) is 17.1. The number of fused-ring (bicyclic) bond motifs is 3. The first-order valence-corrected chi connectivity index (χ1v) is 10.7. The Morgan fingerprint density at radius 1 is 1.03 bits per heavy atom. The average Bonchev–Trinajstić information content (AvgIpc) is 3.48. The number of hydrogen-bond donors (Lipinski definition) is 1. The fraction of sp³-hybridized carbons (Fsp3) is 0.400. The van der Waals surface area contributed by atoms with Crippen LogP contribution >= 0.6 is 11.3 Å². The molecule has 6 rings (SSSR count). The molecule has 9 heteroatoms. The molecule has 29 heavy (non-hydrogen) atoms. The molecule has 2 fully saturated rings. The third-order valence-corrected chi connectivity index (χ3v) is 6.93. The highest BCUT2D eigenvalue weighted by atomic mass is 32.1. The van der Waals surface area contributed by atoms with Crippen LogP contribution < -0.4 is 10.2 Å². The van der Waals surface area contributed by atoms with Gasteiger partial charge in [0.1, 0.15) is 22.8 Å². The Labute approximate surface area is 171 Å². The number of hydrogen-bond acceptors (Lipinski definition) is 9. The predicted octanol–water partition coefficient (Wildman–Crippen LogP) is 3.22. The van der Waals surface area contributed by atoms with Gasteiger partial charge in [-0.2, -0.15) is 5.10 Å². The number of anilines is 2. The summed E-state index contributed by atoms with van der Waals surface area (Å²) >= 11 is 1.60. The summed E-state index contributed by atoms with van der Waals surface area (Å²) in [5, 5.41) is 13.3. The molecule has 4 aromatic rings. The van der Waals surface area contributed by atoms with Crippen LogP contribution in [0.5, 0.6) is 0 Å². The van der Waals surface area contributed by atoms with Crippen LogP contribution in [0.15, 0.2) is 18.7 Å². The van der Waals surface area contributed by atoms with E-state index in [1.54, 1.807) is 17.7 Å². The first kappa shape index (κ1) is 17.0. The molecule has 0 radical (unpaired) electrons. The van der Waals surface area contributed by atoms with Gasteiger partial charge in [-0.15, -0.1) is 16.4 Å². The molecule has 1 N–H and O–H groups in total. The molecular formula is C20H20N8S. The van der Waals surface area contributed by atoms with Crippen molar-refractivity contribution in [2.75, 3.05) is 23.3 Å². The van der Waals surface area contributed by atoms with Crippen molar-refractivity contribution in [1.82, 2.24) is 30.1 Å². The Hall–Kier alpha value is -2.94. The normalized spacial score (nSPS) is 17.1. The van der Waals surface area contributed by atoms with Crippen molar-refractivity contribution in [2.24, 2.45) is 0 Å². The van der Waals surface area contributed by atoms with E-state index < -0.39 is 0 Å². The molecule has 8 nitrogen and oxygen atoms in total. The third-order valence-electron chi connectivity index (χ3n) is 5.86. The van der Waals surface area contributed by atoms with E-state index >= 15 is 0 Å². The Morgan fingerprint density at radius 3 is 2.66 bits per heavy atom. The van der Waals surface area contributed by atoms with Crippen LogP contribution in [-0.2, 0) is 0 Å². The maximum atomic E-state index is 4.60.